The molecule has 2 rings (SSSR count). The van der Waals surface area contributed by atoms with E-state index in [9.17, 15) is 14.9 Å². The van der Waals surface area contributed by atoms with Crippen LogP contribution in [0.2, 0.25) is 0 Å². The summed E-state index contributed by atoms with van der Waals surface area (Å²) in [6.45, 7) is 4.23. The Balaban J connectivity index is 1.71. The van der Waals surface area contributed by atoms with Crippen LogP contribution < -0.4 is 5.32 Å². The molecule has 0 spiro atoms. The molecule has 0 saturated carbocycles. The summed E-state index contributed by atoms with van der Waals surface area (Å²) in [6.07, 6.45) is 4.56. The lowest BCUT2D eigenvalue weighted by Crippen LogP contribution is -2.50. The van der Waals surface area contributed by atoms with Crippen LogP contribution in [0.3, 0.4) is 0 Å². The molecule has 0 bridgehead atoms. The van der Waals surface area contributed by atoms with Crippen molar-refractivity contribution in [2.24, 2.45) is 0 Å². The Hall–Kier alpha value is -2.81. The first-order valence-corrected chi connectivity index (χ1v) is 9.04. The molecule has 2 amide bonds. The number of benzene rings is 1. The molecule has 1 N–H and O–H groups in total. The van der Waals surface area contributed by atoms with Crippen molar-refractivity contribution in [2.45, 2.75) is 26.2 Å². The lowest BCUT2D eigenvalue weighted by molar-refractivity contribution is -0.136. The fraction of sp³-hybridized carbons (Fsp3) is 0.450. The molecular formula is C20H26N4O2. The number of nitrogens with zero attached hydrogens (tertiary/aromatic N) is 3. The van der Waals surface area contributed by atoms with Crippen LogP contribution in [-0.2, 0) is 16.0 Å². The van der Waals surface area contributed by atoms with Crippen molar-refractivity contribution in [3.05, 3.63) is 47.7 Å². The zero-order chi connectivity index (χ0) is 18.8. The first-order valence-electron chi connectivity index (χ1n) is 9.04. The number of unbranched alkanes of at least 4 members (excludes halogenated alkanes) is 1. The molecule has 1 aromatic carbocycles. The van der Waals surface area contributed by atoms with Crippen molar-refractivity contribution in [1.82, 2.24) is 15.1 Å². The summed E-state index contributed by atoms with van der Waals surface area (Å²) < 4.78 is 0. The van der Waals surface area contributed by atoms with Crippen LogP contribution >= 0.6 is 0 Å². The maximum atomic E-state index is 12.4. The third-order valence-corrected chi connectivity index (χ3v) is 4.49. The number of rotatable bonds is 7. The number of nitrogens with one attached hydrogen (secondary N) is 1. The molecule has 0 atom stereocenters. The van der Waals surface area contributed by atoms with E-state index < -0.39 is 0 Å². The first kappa shape index (κ1) is 19.5. The second-order valence-corrected chi connectivity index (χ2v) is 6.36. The van der Waals surface area contributed by atoms with E-state index in [1.54, 1.807) is 9.80 Å². The number of hydrogen-bond donors (Lipinski definition) is 1. The van der Waals surface area contributed by atoms with Crippen LogP contribution in [0.5, 0.6) is 0 Å². The Bertz CT molecular complexity index is 671. The zero-order valence-electron chi connectivity index (χ0n) is 15.3. The van der Waals surface area contributed by atoms with Crippen molar-refractivity contribution >= 4 is 11.8 Å². The summed E-state index contributed by atoms with van der Waals surface area (Å²) in [5.41, 5.74) is 1.44. The third kappa shape index (κ3) is 5.92. The monoisotopic (exact) mass is 354 g/mol. The van der Waals surface area contributed by atoms with E-state index in [-0.39, 0.29) is 17.4 Å². The number of nitriles is 1. The zero-order valence-corrected chi connectivity index (χ0v) is 15.3. The smallest absolute Gasteiger partial charge is 0.266 e. The standard InChI is InChI=1S/C20H26N4O2/c1-17(25)23-11-13-24(14-12-23)20(26)19(15-21)16-22-10-6-5-9-18-7-3-2-4-8-18/h2-4,7-8,16,22H,5-6,9-14H2,1H3/b19-16-. The molecule has 26 heavy (non-hydrogen) atoms. The molecule has 0 aromatic heterocycles. The molecule has 1 aliphatic rings. The number of carbonyl (C=O) groups excluding carboxylic acids is 2. The maximum absolute atomic E-state index is 12.4. The lowest BCUT2D eigenvalue weighted by Gasteiger charge is -2.34. The molecular weight excluding hydrogens is 328 g/mol. The Morgan fingerprint density at radius 2 is 1.77 bits per heavy atom. The summed E-state index contributed by atoms with van der Waals surface area (Å²) in [6, 6.07) is 12.3. The van der Waals surface area contributed by atoms with E-state index >= 15 is 0 Å². The third-order valence-electron chi connectivity index (χ3n) is 4.49. The van der Waals surface area contributed by atoms with Crippen molar-refractivity contribution in [1.29, 1.82) is 5.26 Å². The van der Waals surface area contributed by atoms with Gasteiger partial charge in [0.05, 0.1) is 0 Å². The number of piperazine rings is 1. The van der Waals surface area contributed by atoms with Gasteiger partial charge in [-0.1, -0.05) is 30.3 Å². The summed E-state index contributed by atoms with van der Waals surface area (Å²) in [7, 11) is 0. The van der Waals surface area contributed by atoms with E-state index in [1.165, 1.54) is 18.7 Å². The van der Waals surface area contributed by atoms with E-state index in [2.05, 4.69) is 17.4 Å². The maximum Gasteiger partial charge on any atom is 0.266 e. The molecule has 138 valence electrons. The van der Waals surface area contributed by atoms with Crippen LogP contribution in [-0.4, -0.2) is 54.3 Å². The highest BCUT2D eigenvalue weighted by Gasteiger charge is 2.24. The summed E-state index contributed by atoms with van der Waals surface area (Å²) in [4.78, 5) is 27.1. The number of aryl methyl sites for hydroxylation is 1. The van der Waals surface area contributed by atoms with Gasteiger partial charge in [-0.05, 0) is 24.8 Å². The Morgan fingerprint density at radius 3 is 2.38 bits per heavy atom. The van der Waals surface area contributed by atoms with E-state index in [0.29, 0.717) is 26.2 Å². The van der Waals surface area contributed by atoms with Gasteiger partial charge in [0.15, 0.2) is 0 Å². The molecule has 1 heterocycles. The molecule has 1 aromatic rings. The predicted octanol–water partition coefficient (Wildman–Crippen LogP) is 1.70. The van der Waals surface area contributed by atoms with Gasteiger partial charge < -0.3 is 15.1 Å². The fourth-order valence-electron chi connectivity index (χ4n) is 2.91. The van der Waals surface area contributed by atoms with Gasteiger partial charge in [0, 0.05) is 45.8 Å². The van der Waals surface area contributed by atoms with Crippen LogP contribution in [0.4, 0.5) is 0 Å². The molecule has 0 aliphatic carbocycles. The van der Waals surface area contributed by atoms with Gasteiger partial charge in [0.1, 0.15) is 11.6 Å². The minimum Gasteiger partial charge on any atom is -0.390 e. The molecule has 0 unspecified atom stereocenters. The lowest BCUT2D eigenvalue weighted by atomic mass is 10.1. The Labute approximate surface area is 155 Å². The predicted molar refractivity (Wildman–Crippen MR) is 99.9 cm³/mol. The average molecular weight is 354 g/mol. The molecule has 6 heteroatoms. The van der Waals surface area contributed by atoms with Crippen molar-refractivity contribution in [3.63, 3.8) is 0 Å². The van der Waals surface area contributed by atoms with Crippen LogP contribution in [0.25, 0.3) is 0 Å². The van der Waals surface area contributed by atoms with Gasteiger partial charge in [0.25, 0.3) is 5.91 Å². The van der Waals surface area contributed by atoms with E-state index in [1.807, 2.05) is 24.3 Å². The first-order chi connectivity index (χ1) is 12.6. The fourth-order valence-corrected chi connectivity index (χ4v) is 2.91. The molecule has 1 saturated heterocycles. The van der Waals surface area contributed by atoms with E-state index in [4.69, 9.17) is 0 Å². The van der Waals surface area contributed by atoms with Gasteiger partial charge in [-0.3, -0.25) is 9.59 Å². The largest absolute Gasteiger partial charge is 0.390 e. The number of hydrogen-bond acceptors (Lipinski definition) is 4. The van der Waals surface area contributed by atoms with Gasteiger partial charge in [-0.15, -0.1) is 0 Å². The number of carbonyl (C=O) groups is 2. The van der Waals surface area contributed by atoms with Gasteiger partial charge in [-0.2, -0.15) is 5.26 Å². The highest BCUT2D eigenvalue weighted by atomic mass is 16.2. The molecule has 1 aliphatic heterocycles. The van der Waals surface area contributed by atoms with Gasteiger partial charge >= 0.3 is 0 Å². The quantitative estimate of drug-likeness (QED) is 0.459. The van der Waals surface area contributed by atoms with Crippen LogP contribution in [0.1, 0.15) is 25.3 Å². The SMILES string of the molecule is CC(=O)N1CCN(C(=O)/C(C#N)=C\NCCCCc2ccccc2)CC1. The molecule has 0 radical (unpaired) electrons. The highest BCUT2D eigenvalue weighted by Crippen LogP contribution is 2.07. The summed E-state index contributed by atoms with van der Waals surface area (Å²) in [5.74, 6) is -0.252. The summed E-state index contributed by atoms with van der Waals surface area (Å²) >= 11 is 0. The minimum absolute atomic E-state index is 0.0188. The normalized spacial score (nSPS) is 14.7. The minimum atomic E-state index is -0.271. The van der Waals surface area contributed by atoms with Gasteiger partial charge in [-0.25, -0.2) is 0 Å². The second kappa shape index (κ2) is 10.2. The average Bonchev–Trinajstić information content (AvgIpc) is 2.68. The van der Waals surface area contributed by atoms with Crippen molar-refractivity contribution in [2.75, 3.05) is 32.7 Å². The topological polar surface area (TPSA) is 76.4 Å². The van der Waals surface area contributed by atoms with Crippen molar-refractivity contribution < 1.29 is 9.59 Å². The van der Waals surface area contributed by atoms with Crippen molar-refractivity contribution in [3.8, 4) is 6.07 Å². The van der Waals surface area contributed by atoms with Crippen LogP contribution in [0.15, 0.2) is 42.1 Å². The van der Waals surface area contributed by atoms with Gasteiger partial charge in [0.2, 0.25) is 5.91 Å². The Morgan fingerprint density at radius 1 is 1.12 bits per heavy atom. The van der Waals surface area contributed by atoms with Crippen LogP contribution in [0, 0.1) is 11.3 Å². The molecule has 1 fully saturated rings. The van der Waals surface area contributed by atoms with E-state index in [0.717, 1.165) is 25.8 Å². The highest BCUT2D eigenvalue weighted by molar-refractivity contribution is 5.97. The number of amides is 2. The second-order valence-electron chi connectivity index (χ2n) is 6.36. The molecule has 6 nitrogen and oxygen atoms in total. The summed E-state index contributed by atoms with van der Waals surface area (Å²) in [5, 5.41) is 12.3. The Kier molecular flexibility index (Phi) is 7.69.